The van der Waals surface area contributed by atoms with Crippen LogP contribution >= 0.6 is 11.6 Å². The minimum Gasteiger partial charge on any atom is -0.404 e. The van der Waals surface area contributed by atoms with Crippen molar-refractivity contribution in [2.75, 3.05) is 23.4 Å². The zero-order valence-corrected chi connectivity index (χ0v) is 19.5. The molecule has 0 saturated carbocycles. The summed E-state index contributed by atoms with van der Waals surface area (Å²) in [6.07, 6.45) is 5.21. The highest BCUT2D eigenvalue weighted by molar-refractivity contribution is 6.36. The molecule has 178 valence electrons. The highest BCUT2D eigenvalue weighted by Gasteiger charge is 2.13. The molecule has 35 heavy (non-hydrogen) atoms. The number of rotatable bonds is 8. The zero-order valence-electron chi connectivity index (χ0n) is 18.8. The van der Waals surface area contributed by atoms with Crippen LogP contribution in [-0.2, 0) is 4.79 Å². The molecule has 1 heterocycles. The molecule has 1 aromatic heterocycles. The molecule has 3 rings (SSSR count). The number of anilines is 4. The summed E-state index contributed by atoms with van der Waals surface area (Å²) in [5, 5.41) is 13.7. The van der Waals surface area contributed by atoms with Gasteiger partial charge in [-0.05, 0) is 42.5 Å². The fourth-order valence-electron chi connectivity index (χ4n) is 3.07. The summed E-state index contributed by atoms with van der Waals surface area (Å²) in [5.41, 5.74) is 21.1. The molecule has 3 aromatic rings. The Kier molecular flexibility index (Phi) is 8.15. The Morgan fingerprint density at radius 3 is 2.66 bits per heavy atom. The van der Waals surface area contributed by atoms with Crippen LogP contribution in [0, 0.1) is 5.41 Å². The van der Waals surface area contributed by atoms with E-state index in [1.54, 1.807) is 55.7 Å². The first-order valence-corrected chi connectivity index (χ1v) is 10.7. The van der Waals surface area contributed by atoms with Gasteiger partial charge in [0.2, 0.25) is 0 Å². The van der Waals surface area contributed by atoms with Gasteiger partial charge in [0.05, 0.1) is 22.0 Å². The fraction of sp³-hybridized carbons (Fsp3) is 0.0417. The number of nitrogens with one attached hydrogen (secondary N) is 3. The molecule has 0 atom stereocenters. The van der Waals surface area contributed by atoms with Crippen LogP contribution in [0.1, 0.15) is 11.3 Å². The van der Waals surface area contributed by atoms with E-state index in [-0.39, 0.29) is 16.4 Å². The van der Waals surface area contributed by atoms with Gasteiger partial charge in [-0.15, -0.1) is 0 Å². The average Bonchev–Trinajstić information content (AvgIpc) is 2.85. The topological polar surface area (TPSA) is 181 Å². The lowest BCUT2D eigenvalue weighted by atomic mass is 10.1. The highest BCUT2D eigenvalue weighted by Crippen LogP contribution is 2.32. The third-order valence-electron chi connectivity index (χ3n) is 4.74. The molecular formula is C24H24ClN9O. The summed E-state index contributed by atoms with van der Waals surface area (Å²) in [6.45, 7) is 0. The maximum atomic E-state index is 12.4. The molecule has 0 radical (unpaired) electrons. The molecule has 0 unspecified atom stereocenters. The van der Waals surface area contributed by atoms with E-state index in [4.69, 9.17) is 34.2 Å². The molecule has 0 aliphatic heterocycles. The number of benzene rings is 2. The van der Waals surface area contributed by atoms with Crippen molar-refractivity contribution in [1.82, 2.24) is 4.98 Å². The smallest absolute Gasteiger partial charge is 0.258 e. The number of nitrogen functional groups attached to an aromatic ring is 1. The predicted octanol–water partition coefficient (Wildman–Crippen LogP) is 3.58. The summed E-state index contributed by atoms with van der Waals surface area (Å²) >= 11 is 6.34. The van der Waals surface area contributed by atoms with E-state index in [2.05, 4.69) is 25.6 Å². The molecular weight excluding hydrogens is 466 g/mol. The largest absolute Gasteiger partial charge is 0.404 e. The van der Waals surface area contributed by atoms with Gasteiger partial charge in [-0.25, -0.2) is 4.99 Å². The normalized spacial score (nSPS) is 11.9. The Balaban J connectivity index is 1.88. The van der Waals surface area contributed by atoms with Crippen LogP contribution in [0.3, 0.4) is 0 Å². The van der Waals surface area contributed by atoms with E-state index in [1.165, 1.54) is 12.4 Å². The Morgan fingerprint density at radius 2 is 1.94 bits per heavy atom. The number of pyridine rings is 1. The first-order valence-electron chi connectivity index (χ1n) is 10.3. The number of aliphatic imine (C=N–C) groups is 2. The lowest BCUT2D eigenvalue weighted by Crippen LogP contribution is -2.17. The molecule has 0 saturated heterocycles. The average molecular weight is 490 g/mol. The SMILES string of the molecule is CN=C/C(=C\N)C(=O)Nc1cccc(Nc2cccnc2C(N)=Nc2ccc(N)c(C=N)c2Cl)c1. The van der Waals surface area contributed by atoms with Gasteiger partial charge in [0, 0.05) is 54.5 Å². The van der Waals surface area contributed by atoms with E-state index in [9.17, 15) is 4.79 Å². The van der Waals surface area contributed by atoms with E-state index in [0.29, 0.717) is 39.7 Å². The second kappa shape index (κ2) is 11.4. The van der Waals surface area contributed by atoms with Crippen molar-refractivity contribution in [2.45, 2.75) is 0 Å². The Morgan fingerprint density at radius 1 is 1.17 bits per heavy atom. The number of amides is 1. The van der Waals surface area contributed by atoms with Gasteiger partial charge in [-0.1, -0.05) is 17.7 Å². The first-order chi connectivity index (χ1) is 16.9. The molecule has 0 bridgehead atoms. The summed E-state index contributed by atoms with van der Waals surface area (Å²) in [7, 11) is 1.55. The van der Waals surface area contributed by atoms with E-state index in [1.807, 2.05) is 6.07 Å². The van der Waals surface area contributed by atoms with E-state index in [0.717, 1.165) is 6.21 Å². The molecule has 11 heteroatoms. The van der Waals surface area contributed by atoms with Crippen molar-refractivity contribution >= 4 is 64.2 Å². The van der Waals surface area contributed by atoms with Crippen molar-refractivity contribution in [3.8, 4) is 0 Å². The highest BCUT2D eigenvalue weighted by atomic mass is 35.5. The third-order valence-corrected chi connectivity index (χ3v) is 5.14. The number of halogens is 1. The van der Waals surface area contributed by atoms with Gasteiger partial charge in [-0.3, -0.25) is 14.8 Å². The second-order valence-electron chi connectivity index (χ2n) is 7.11. The number of aromatic nitrogens is 1. The number of carbonyl (C=O) groups excluding carboxylic acids is 1. The van der Waals surface area contributed by atoms with Gasteiger partial charge >= 0.3 is 0 Å². The summed E-state index contributed by atoms with van der Waals surface area (Å²) in [4.78, 5) is 24.9. The number of nitrogens with two attached hydrogens (primary N) is 3. The lowest BCUT2D eigenvalue weighted by molar-refractivity contribution is -0.112. The first kappa shape index (κ1) is 24.9. The van der Waals surface area contributed by atoms with Crippen LogP contribution in [0.2, 0.25) is 5.02 Å². The van der Waals surface area contributed by atoms with Crippen molar-refractivity contribution in [2.24, 2.45) is 21.5 Å². The van der Waals surface area contributed by atoms with Gasteiger partial charge in [-0.2, -0.15) is 0 Å². The fourth-order valence-corrected chi connectivity index (χ4v) is 3.34. The molecule has 1 amide bonds. The molecule has 0 aliphatic rings. The standard InChI is InChI=1S/C24H24ClN9O/c1-30-13-14(11-26)24(35)33-16-5-2-4-15(10-16)32-20-6-3-9-31-22(20)23(29)34-19-8-7-18(28)17(12-27)21(19)25/h2-13,27,32H,26,28H2,1H3,(H2,29,34)(H,33,35)/b14-11+,27-12?,30-13?. The Bertz CT molecular complexity index is 1350. The second-order valence-corrected chi connectivity index (χ2v) is 7.49. The molecule has 10 nitrogen and oxygen atoms in total. The van der Waals surface area contributed by atoms with Crippen LogP contribution in [0.15, 0.2) is 76.5 Å². The van der Waals surface area contributed by atoms with E-state index < -0.39 is 5.91 Å². The summed E-state index contributed by atoms with van der Waals surface area (Å²) < 4.78 is 0. The molecule has 0 aliphatic carbocycles. The van der Waals surface area contributed by atoms with Crippen molar-refractivity contribution in [1.29, 1.82) is 5.41 Å². The molecule has 0 spiro atoms. The van der Waals surface area contributed by atoms with E-state index >= 15 is 0 Å². The van der Waals surface area contributed by atoms with Crippen molar-refractivity contribution in [3.63, 3.8) is 0 Å². The minimum atomic E-state index is -0.390. The predicted molar refractivity (Wildman–Crippen MR) is 143 cm³/mol. The Labute approximate surface area is 207 Å². The van der Waals surface area contributed by atoms with Gasteiger partial charge in [0.1, 0.15) is 5.69 Å². The van der Waals surface area contributed by atoms with Crippen LogP contribution in [0.4, 0.5) is 28.4 Å². The summed E-state index contributed by atoms with van der Waals surface area (Å²) in [6, 6.07) is 13.8. The van der Waals surface area contributed by atoms with Crippen LogP contribution in [0.5, 0.6) is 0 Å². The number of nitrogens with zero attached hydrogens (tertiary/aromatic N) is 3. The van der Waals surface area contributed by atoms with Crippen molar-refractivity contribution in [3.05, 3.63) is 82.8 Å². The van der Waals surface area contributed by atoms with Crippen LogP contribution in [0.25, 0.3) is 0 Å². The van der Waals surface area contributed by atoms with Crippen molar-refractivity contribution < 1.29 is 4.79 Å². The quantitative estimate of drug-likeness (QED) is 0.122. The zero-order chi connectivity index (χ0) is 25.4. The molecule has 2 aromatic carbocycles. The maximum Gasteiger partial charge on any atom is 0.258 e. The maximum absolute atomic E-state index is 12.4. The van der Waals surface area contributed by atoms with Gasteiger partial charge in [0.25, 0.3) is 5.91 Å². The van der Waals surface area contributed by atoms with Crippen LogP contribution in [-0.4, -0.2) is 36.2 Å². The molecule has 9 N–H and O–H groups in total. The number of hydrogen-bond acceptors (Lipinski definition) is 8. The molecule has 0 fully saturated rings. The number of amidine groups is 1. The monoisotopic (exact) mass is 489 g/mol. The summed E-state index contributed by atoms with van der Waals surface area (Å²) in [5.74, 6) is -0.282. The van der Waals surface area contributed by atoms with Gasteiger partial charge < -0.3 is 33.2 Å². The minimum absolute atomic E-state index is 0.108. The Hall–Kier alpha value is -4.70. The van der Waals surface area contributed by atoms with Gasteiger partial charge in [0.15, 0.2) is 5.84 Å². The third kappa shape index (κ3) is 6.01. The van der Waals surface area contributed by atoms with Crippen LogP contribution < -0.4 is 27.8 Å². The number of hydrogen-bond donors (Lipinski definition) is 6. The lowest BCUT2D eigenvalue weighted by Gasteiger charge is -2.13. The number of carbonyl (C=O) groups is 1.